The van der Waals surface area contributed by atoms with Crippen molar-refractivity contribution in [3.05, 3.63) is 34.9 Å². The number of rotatable bonds is 4. The summed E-state index contributed by atoms with van der Waals surface area (Å²) in [6.07, 6.45) is 5.55. The highest BCUT2D eigenvalue weighted by Gasteiger charge is 2.51. The molecule has 154 valence electrons. The third kappa shape index (κ3) is 2.82. The molecule has 7 heteroatoms. The van der Waals surface area contributed by atoms with Crippen LogP contribution in [-0.4, -0.2) is 52.2 Å². The van der Waals surface area contributed by atoms with Crippen LogP contribution in [0.3, 0.4) is 0 Å². The summed E-state index contributed by atoms with van der Waals surface area (Å²) in [5.41, 5.74) is 9.22. The second-order valence-corrected chi connectivity index (χ2v) is 8.95. The lowest BCUT2D eigenvalue weighted by molar-refractivity contribution is -0.136. The summed E-state index contributed by atoms with van der Waals surface area (Å²) in [6, 6.07) is 5.33. The number of imide groups is 1. The number of carbonyl (C=O) groups excluding carboxylic acids is 3. The van der Waals surface area contributed by atoms with E-state index in [1.54, 1.807) is 4.90 Å². The number of nitrogens with one attached hydrogen (secondary N) is 1. The van der Waals surface area contributed by atoms with Gasteiger partial charge in [0.15, 0.2) is 0 Å². The van der Waals surface area contributed by atoms with Crippen molar-refractivity contribution in [2.45, 2.75) is 63.2 Å². The Balaban J connectivity index is 1.40. The van der Waals surface area contributed by atoms with Gasteiger partial charge in [-0.1, -0.05) is 12.1 Å². The van der Waals surface area contributed by atoms with Gasteiger partial charge in [0, 0.05) is 37.2 Å². The van der Waals surface area contributed by atoms with Gasteiger partial charge in [-0.25, -0.2) is 0 Å². The largest absolute Gasteiger partial charge is 0.329 e. The van der Waals surface area contributed by atoms with Crippen molar-refractivity contribution in [2.24, 2.45) is 11.7 Å². The lowest BCUT2D eigenvalue weighted by Crippen LogP contribution is -2.66. The number of hydrogen-bond acceptors (Lipinski definition) is 5. The fourth-order valence-corrected chi connectivity index (χ4v) is 5.90. The van der Waals surface area contributed by atoms with Crippen molar-refractivity contribution >= 4 is 17.7 Å². The zero-order chi connectivity index (χ0) is 20.2. The van der Waals surface area contributed by atoms with Crippen LogP contribution < -0.4 is 11.1 Å². The molecule has 7 nitrogen and oxygen atoms in total. The fraction of sp³-hybridized carbons (Fsp3) is 0.591. The predicted octanol–water partition coefficient (Wildman–Crippen LogP) is 1.15. The second kappa shape index (κ2) is 6.92. The van der Waals surface area contributed by atoms with Crippen molar-refractivity contribution < 1.29 is 14.4 Å². The number of fused-ring (bicyclic) bond motifs is 2. The topological polar surface area (TPSA) is 95.7 Å². The van der Waals surface area contributed by atoms with E-state index in [-0.39, 0.29) is 29.7 Å². The minimum Gasteiger partial charge on any atom is -0.329 e. The summed E-state index contributed by atoms with van der Waals surface area (Å²) in [6.45, 7) is 2.97. The summed E-state index contributed by atoms with van der Waals surface area (Å²) in [7, 11) is 0. The van der Waals surface area contributed by atoms with Crippen molar-refractivity contribution in [1.29, 1.82) is 0 Å². The Labute approximate surface area is 170 Å². The number of nitrogens with two attached hydrogens (primary N) is 1. The zero-order valence-corrected chi connectivity index (χ0v) is 16.7. The van der Waals surface area contributed by atoms with Gasteiger partial charge in [0.25, 0.3) is 5.91 Å². The molecule has 5 rings (SSSR count). The third-order valence-corrected chi connectivity index (χ3v) is 7.69. The Hall–Kier alpha value is -2.25. The summed E-state index contributed by atoms with van der Waals surface area (Å²) in [5.74, 6) is -0.0348. The first-order valence-corrected chi connectivity index (χ1v) is 10.7. The van der Waals surface area contributed by atoms with Crippen molar-refractivity contribution in [2.75, 3.05) is 13.1 Å². The molecule has 3 unspecified atom stereocenters. The van der Waals surface area contributed by atoms with Crippen molar-refractivity contribution in [3.63, 3.8) is 0 Å². The Morgan fingerprint density at radius 2 is 2.03 bits per heavy atom. The van der Waals surface area contributed by atoms with Gasteiger partial charge in [-0.2, -0.15) is 0 Å². The van der Waals surface area contributed by atoms with Crippen LogP contribution in [0, 0.1) is 5.92 Å². The van der Waals surface area contributed by atoms with Crippen LogP contribution in [0.15, 0.2) is 18.2 Å². The van der Waals surface area contributed by atoms with E-state index in [4.69, 9.17) is 5.73 Å². The molecule has 1 aromatic carbocycles. The van der Waals surface area contributed by atoms with Gasteiger partial charge >= 0.3 is 0 Å². The van der Waals surface area contributed by atoms with E-state index < -0.39 is 6.04 Å². The lowest BCUT2D eigenvalue weighted by Gasteiger charge is -2.59. The maximum Gasteiger partial charge on any atom is 0.255 e. The van der Waals surface area contributed by atoms with E-state index >= 15 is 0 Å². The molecule has 3 atom stereocenters. The van der Waals surface area contributed by atoms with Crippen molar-refractivity contribution in [3.8, 4) is 0 Å². The Bertz CT molecular complexity index is 881. The quantitative estimate of drug-likeness (QED) is 0.745. The molecule has 0 radical (unpaired) electrons. The van der Waals surface area contributed by atoms with Crippen LogP contribution in [0.5, 0.6) is 0 Å². The van der Waals surface area contributed by atoms with Gasteiger partial charge in [0.1, 0.15) is 6.04 Å². The van der Waals surface area contributed by atoms with Crippen LogP contribution >= 0.6 is 0 Å². The predicted molar refractivity (Wildman–Crippen MR) is 107 cm³/mol. The van der Waals surface area contributed by atoms with Gasteiger partial charge in [-0.3, -0.25) is 24.6 Å². The molecule has 3 amide bonds. The Kier molecular flexibility index (Phi) is 4.47. The van der Waals surface area contributed by atoms with Crippen LogP contribution in [-0.2, 0) is 22.7 Å². The first-order chi connectivity index (χ1) is 14.0. The molecule has 3 fully saturated rings. The van der Waals surface area contributed by atoms with Gasteiger partial charge < -0.3 is 10.6 Å². The third-order valence-electron chi connectivity index (χ3n) is 7.69. The van der Waals surface area contributed by atoms with Crippen LogP contribution in [0.1, 0.15) is 60.0 Å². The van der Waals surface area contributed by atoms with Gasteiger partial charge in [-0.05, 0) is 61.8 Å². The van der Waals surface area contributed by atoms with Crippen LogP contribution in [0.4, 0.5) is 0 Å². The standard InChI is InChI=1S/C22H28N4O3/c23-13-22-9-8-15(22)4-2-10-25(22)11-14-3-1-5-16-17(14)12-26(21(16)29)18-6-7-19(27)24-20(18)28/h1,3,5,15,18H,2,4,6-13,23H2,(H,24,27,28). The number of amides is 3. The first kappa shape index (κ1) is 18.8. The minimum atomic E-state index is -0.568. The molecule has 3 N–H and O–H groups in total. The molecule has 1 aromatic rings. The SMILES string of the molecule is NCC12CCC1CCCN2Cc1cccc2c1CN(C1CCC(=O)NC1=O)C2=O. The number of piperidine rings is 2. The normalized spacial score (nSPS) is 31.9. The second-order valence-electron chi connectivity index (χ2n) is 8.95. The van der Waals surface area contributed by atoms with Gasteiger partial charge in [0.05, 0.1) is 0 Å². The molecule has 3 aliphatic heterocycles. The highest BCUT2D eigenvalue weighted by atomic mass is 16.2. The van der Waals surface area contributed by atoms with Gasteiger partial charge in [0.2, 0.25) is 11.8 Å². The van der Waals surface area contributed by atoms with E-state index in [0.29, 0.717) is 31.0 Å². The molecule has 1 saturated carbocycles. The molecule has 2 saturated heterocycles. The lowest BCUT2D eigenvalue weighted by atomic mass is 9.61. The number of benzene rings is 1. The molecular weight excluding hydrogens is 368 g/mol. The molecule has 29 heavy (non-hydrogen) atoms. The highest BCUT2D eigenvalue weighted by Crippen LogP contribution is 2.49. The smallest absolute Gasteiger partial charge is 0.255 e. The Morgan fingerprint density at radius 1 is 1.17 bits per heavy atom. The summed E-state index contributed by atoms with van der Waals surface area (Å²) < 4.78 is 0. The molecule has 0 spiro atoms. The fourth-order valence-electron chi connectivity index (χ4n) is 5.90. The summed E-state index contributed by atoms with van der Waals surface area (Å²) in [4.78, 5) is 41.0. The molecular formula is C22H28N4O3. The minimum absolute atomic E-state index is 0.106. The first-order valence-electron chi connectivity index (χ1n) is 10.7. The zero-order valence-electron chi connectivity index (χ0n) is 16.7. The van der Waals surface area contributed by atoms with E-state index in [1.807, 2.05) is 12.1 Å². The number of hydrogen-bond donors (Lipinski definition) is 2. The van der Waals surface area contributed by atoms with E-state index in [9.17, 15) is 14.4 Å². The molecule has 4 aliphatic rings. The maximum atomic E-state index is 13.0. The van der Waals surface area contributed by atoms with Crippen LogP contribution in [0.2, 0.25) is 0 Å². The molecule has 3 heterocycles. The summed E-state index contributed by atoms with van der Waals surface area (Å²) in [5, 5.41) is 2.37. The van der Waals surface area contributed by atoms with E-state index in [1.165, 1.54) is 19.3 Å². The Morgan fingerprint density at radius 3 is 2.76 bits per heavy atom. The average molecular weight is 396 g/mol. The number of carbonyl (C=O) groups is 3. The van der Waals surface area contributed by atoms with E-state index in [0.717, 1.165) is 30.6 Å². The maximum absolute atomic E-state index is 13.0. The van der Waals surface area contributed by atoms with Crippen molar-refractivity contribution in [1.82, 2.24) is 15.1 Å². The molecule has 0 bridgehead atoms. The summed E-state index contributed by atoms with van der Waals surface area (Å²) >= 11 is 0. The van der Waals surface area contributed by atoms with Crippen LogP contribution in [0.25, 0.3) is 0 Å². The van der Waals surface area contributed by atoms with Gasteiger partial charge in [-0.15, -0.1) is 0 Å². The monoisotopic (exact) mass is 396 g/mol. The average Bonchev–Trinajstić information content (AvgIpc) is 3.02. The number of likely N-dealkylation sites (tertiary alicyclic amines) is 1. The number of nitrogens with zero attached hydrogens (tertiary/aromatic N) is 2. The molecule has 0 aromatic heterocycles. The molecule has 1 aliphatic carbocycles. The van der Waals surface area contributed by atoms with E-state index in [2.05, 4.69) is 16.3 Å². The highest BCUT2D eigenvalue weighted by molar-refractivity contribution is 6.05.